The van der Waals surface area contributed by atoms with Gasteiger partial charge in [0.15, 0.2) is 0 Å². The lowest BCUT2D eigenvalue weighted by atomic mass is 10.1. The Morgan fingerprint density at radius 2 is 1.74 bits per heavy atom. The molecule has 0 fully saturated rings. The Morgan fingerprint density at radius 3 is 2.50 bits per heavy atom. The third-order valence-corrected chi connectivity index (χ3v) is 4.82. The summed E-state index contributed by atoms with van der Waals surface area (Å²) in [6.07, 6.45) is 1.10. The van der Waals surface area contributed by atoms with Gasteiger partial charge in [-0.1, -0.05) is 30.3 Å². The lowest BCUT2D eigenvalue weighted by Crippen LogP contribution is -2.32. The summed E-state index contributed by atoms with van der Waals surface area (Å²) in [5.41, 5.74) is -1.10. The highest BCUT2D eigenvalue weighted by molar-refractivity contribution is 5.86. The van der Waals surface area contributed by atoms with Crippen molar-refractivity contribution in [2.24, 2.45) is 5.10 Å². The number of aromatic nitrogens is 2. The van der Waals surface area contributed by atoms with Gasteiger partial charge in [0, 0.05) is 23.8 Å². The summed E-state index contributed by atoms with van der Waals surface area (Å²) in [4.78, 5) is 48.8. The SMILES string of the molecule is O=c1[nH]c2ccccc2c(=O)n1N=Cc1cccc([N+](=O)[O-])c1OCc1cccc([N+](=O)[O-])c1. The summed E-state index contributed by atoms with van der Waals surface area (Å²) >= 11 is 0. The van der Waals surface area contributed by atoms with Crippen molar-refractivity contribution >= 4 is 28.5 Å². The molecule has 0 saturated carbocycles. The lowest BCUT2D eigenvalue weighted by molar-refractivity contribution is -0.386. The zero-order chi connectivity index (χ0) is 24.2. The van der Waals surface area contributed by atoms with Gasteiger partial charge in [0.2, 0.25) is 5.75 Å². The van der Waals surface area contributed by atoms with Gasteiger partial charge in [0.05, 0.1) is 27.0 Å². The Bertz CT molecular complexity index is 1570. The molecule has 4 rings (SSSR count). The molecular weight excluding hydrogens is 446 g/mol. The van der Waals surface area contributed by atoms with E-state index in [0.29, 0.717) is 15.8 Å². The van der Waals surface area contributed by atoms with Gasteiger partial charge in [0.25, 0.3) is 11.2 Å². The third kappa shape index (κ3) is 4.41. The first kappa shape index (κ1) is 22.1. The average Bonchev–Trinajstić information content (AvgIpc) is 2.82. The molecule has 1 heterocycles. The van der Waals surface area contributed by atoms with Crippen molar-refractivity contribution in [2.75, 3.05) is 0 Å². The van der Waals surface area contributed by atoms with Crippen molar-refractivity contribution in [3.8, 4) is 5.75 Å². The van der Waals surface area contributed by atoms with Crippen LogP contribution < -0.4 is 16.0 Å². The van der Waals surface area contributed by atoms with Crippen molar-refractivity contribution in [3.63, 3.8) is 0 Å². The maximum atomic E-state index is 12.7. The molecular formula is C22H15N5O7. The standard InChI is InChI=1S/C22H15N5O7/c28-21-17-8-1-2-9-18(17)24-22(29)25(21)23-12-15-6-4-10-19(27(32)33)20(15)34-13-14-5-3-7-16(11-14)26(30)31/h1-12H,13H2,(H,24,29). The Labute approximate surface area is 189 Å². The average molecular weight is 461 g/mol. The Morgan fingerprint density at radius 1 is 0.971 bits per heavy atom. The van der Waals surface area contributed by atoms with Gasteiger partial charge in [-0.2, -0.15) is 5.10 Å². The summed E-state index contributed by atoms with van der Waals surface area (Å²) in [5.74, 6) is -0.173. The largest absolute Gasteiger partial charge is 0.481 e. The molecule has 0 aliphatic heterocycles. The molecule has 0 spiro atoms. The molecule has 3 aromatic carbocycles. The van der Waals surface area contributed by atoms with Crippen LogP contribution >= 0.6 is 0 Å². The van der Waals surface area contributed by atoms with E-state index in [4.69, 9.17) is 4.74 Å². The van der Waals surface area contributed by atoms with E-state index in [2.05, 4.69) is 10.1 Å². The fraction of sp³-hybridized carbons (Fsp3) is 0.0455. The highest BCUT2D eigenvalue weighted by Crippen LogP contribution is 2.31. The first-order chi connectivity index (χ1) is 16.3. The fourth-order valence-electron chi connectivity index (χ4n) is 3.24. The summed E-state index contributed by atoms with van der Waals surface area (Å²) in [7, 11) is 0. The minimum Gasteiger partial charge on any atom is -0.481 e. The molecule has 0 unspecified atom stereocenters. The number of hydrogen-bond acceptors (Lipinski definition) is 8. The molecule has 0 atom stereocenters. The maximum Gasteiger partial charge on any atom is 0.349 e. The summed E-state index contributed by atoms with van der Waals surface area (Å²) in [6.45, 7) is -0.204. The van der Waals surface area contributed by atoms with Crippen LogP contribution in [0.2, 0.25) is 0 Å². The number of nitro groups is 2. The number of aromatic amines is 1. The van der Waals surface area contributed by atoms with Gasteiger partial charge < -0.3 is 9.72 Å². The predicted octanol–water partition coefficient (Wildman–Crippen LogP) is 2.97. The number of rotatable bonds is 7. The number of benzene rings is 3. The van der Waals surface area contributed by atoms with Crippen LogP contribution in [0.5, 0.6) is 5.75 Å². The second kappa shape index (κ2) is 9.16. The van der Waals surface area contributed by atoms with E-state index in [1.54, 1.807) is 24.3 Å². The molecule has 0 bridgehead atoms. The Kier molecular flexibility index (Phi) is 5.95. The second-order valence-electron chi connectivity index (χ2n) is 7.01. The van der Waals surface area contributed by atoms with E-state index < -0.39 is 21.1 Å². The monoisotopic (exact) mass is 461 g/mol. The molecule has 170 valence electrons. The summed E-state index contributed by atoms with van der Waals surface area (Å²) in [5, 5.41) is 26.7. The Balaban J connectivity index is 1.72. The number of nitro benzene ring substituents is 2. The number of para-hydroxylation sites is 2. The van der Waals surface area contributed by atoms with Crippen LogP contribution in [0.1, 0.15) is 11.1 Å². The molecule has 0 aliphatic rings. The number of ether oxygens (including phenoxy) is 1. The van der Waals surface area contributed by atoms with Crippen LogP contribution in [0.3, 0.4) is 0 Å². The van der Waals surface area contributed by atoms with Crippen molar-refractivity contribution in [2.45, 2.75) is 6.61 Å². The first-order valence-corrected chi connectivity index (χ1v) is 9.77. The highest BCUT2D eigenvalue weighted by atomic mass is 16.6. The minimum atomic E-state index is -0.788. The molecule has 1 N–H and O–H groups in total. The van der Waals surface area contributed by atoms with Crippen LogP contribution in [0.4, 0.5) is 11.4 Å². The van der Waals surface area contributed by atoms with Crippen LogP contribution in [0.25, 0.3) is 10.9 Å². The molecule has 0 radical (unpaired) electrons. The molecule has 4 aromatic rings. The maximum absolute atomic E-state index is 12.7. The van der Waals surface area contributed by atoms with E-state index in [9.17, 15) is 29.8 Å². The minimum absolute atomic E-state index is 0.124. The molecule has 1 aromatic heterocycles. The number of nitrogens with zero attached hydrogens (tertiary/aromatic N) is 4. The van der Waals surface area contributed by atoms with Crippen molar-refractivity contribution in [1.82, 2.24) is 9.66 Å². The molecule has 0 saturated heterocycles. The molecule has 0 amide bonds. The topological polar surface area (TPSA) is 163 Å². The van der Waals surface area contributed by atoms with Gasteiger partial charge in [0.1, 0.15) is 6.61 Å². The Hall–Kier alpha value is -5.13. The number of hydrogen-bond donors (Lipinski definition) is 1. The number of nitrogens with one attached hydrogen (secondary N) is 1. The van der Waals surface area contributed by atoms with Crippen LogP contribution in [-0.4, -0.2) is 25.7 Å². The third-order valence-electron chi connectivity index (χ3n) is 4.82. The second-order valence-corrected chi connectivity index (χ2v) is 7.01. The van der Waals surface area contributed by atoms with Gasteiger partial charge >= 0.3 is 11.4 Å². The lowest BCUT2D eigenvalue weighted by Gasteiger charge is -2.10. The smallest absolute Gasteiger partial charge is 0.349 e. The van der Waals surface area contributed by atoms with Gasteiger partial charge in [-0.25, -0.2) is 4.79 Å². The molecule has 12 heteroatoms. The zero-order valence-electron chi connectivity index (χ0n) is 17.3. The quantitative estimate of drug-likeness (QED) is 0.251. The highest BCUT2D eigenvalue weighted by Gasteiger charge is 2.19. The van der Waals surface area contributed by atoms with E-state index in [0.717, 1.165) is 6.21 Å². The molecule has 12 nitrogen and oxygen atoms in total. The zero-order valence-corrected chi connectivity index (χ0v) is 17.3. The molecule has 0 aliphatic carbocycles. The fourth-order valence-corrected chi connectivity index (χ4v) is 3.24. The normalized spacial score (nSPS) is 11.1. The van der Waals surface area contributed by atoms with Gasteiger partial charge in [-0.3, -0.25) is 25.0 Å². The predicted molar refractivity (Wildman–Crippen MR) is 122 cm³/mol. The van der Waals surface area contributed by atoms with E-state index >= 15 is 0 Å². The van der Waals surface area contributed by atoms with Gasteiger partial charge in [-0.05, 0) is 23.8 Å². The molecule has 34 heavy (non-hydrogen) atoms. The van der Waals surface area contributed by atoms with E-state index in [-0.39, 0.29) is 34.7 Å². The van der Waals surface area contributed by atoms with Crippen LogP contribution in [0, 0.1) is 20.2 Å². The van der Waals surface area contributed by atoms with Crippen LogP contribution in [0.15, 0.2) is 81.4 Å². The number of H-pyrrole nitrogens is 1. The summed E-state index contributed by atoms with van der Waals surface area (Å²) < 4.78 is 6.24. The van der Waals surface area contributed by atoms with Gasteiger partial charge in [-0.15, -0.1) is 4.68 Å². The van der Waals surface area contributed by atoms with Crippen molar-refractivity contribution in [3.05, 3.63) is 119 Å². The number of non-ortho nitro benzene ring substituents is 1. The van der Waals surface area contributed by atoms with E-state index in [1.165, 1.54) is 42.5 Å². The first-order valence-electron chi connectivity index (χ1n) is 9.77. The van der Waals surface area contributed by atoms with Crippen LogP contribution in [-0.2, 0) is 6.61 Å². The van der Waals surface area contributed by atoms with Crippen molar-refractivity contribution in [1.29, 1.82) is 0 Å². The van der Waals surface area contributed by atoms with Crippen molar-refractivity contribution < 1.29 is 14.6 Å². The summed E-state index contributed by atoms with van der Waals surface area (Å²) in [6, 6.07) is 16.1. The van der Waals surface area contributed by atoms with E-state index in [1.807, 2.05) is 0 Å². The number of fused-ring (bicyclic) bond motifs is 1.